The summed E-state index contributed by atoms with van der Waals surface area (Å²) in [5, 5.41) is 13.0. The molecule has 23 heavy (non-hydrogen) atoms. The van der Waals surface area contributed by atoms with Crippen LogP contribution < -0.4 is 4.72 Å². The number of hydrogen-bond donors (Lipinski definition) is 2. The smallest absolute Gasteiger partial charge is 0.243 e. The highest BCUT2D eigenvalue weighted by Gasteiger charge is 2.21. The van der Waals surface area contributed by atoms with Crippen molar-refractivity contribution < 1.29 is 17.9 Å². The summed E-state index contributed by atoms with van der Waals surface area (Å²) >= 11 is 1.48. The van der Waals surface area contributed by atoms with E-state index in [0.717, 1.165) is 16.2 Å². The summed E-state index contributed by atoms with van der Waals surface area (Å²) < 4.78 is 41.1. The fourth-order valence-electron chi connectivity index (χ4n) is 2.30. The van der Waals surface area contributed by atoms with Crippen LogP contribution in [0, 0.1) is 5.82 Å². The molecular weight excluding hydrogens is 337 g/mol. The van der Waals surface area contributed by atoms with E-state index in [1.165, 1.54) is 29.5 Å². The normalized spacial score (nSPS) is 13.3. The lowest BCUT2D eigenvalue weighted by Crippen LogP contribution is -2.29. The van der Waals surface area contributed by atoms with Crippen LogP contribution in [0.3, 0.4) is 0 Å². The number of hydrogen-bond acceptors (Lipinski definition) is 4. The topological polar surface area (TPSA) is 66.4 Å². The molecule has 0 fully saturated rings. The summed E-state index contributed by atoms with van der Waals surface area (Å²) in [6.45, 7) is -0.225. The van der Waals surface area contributed by atoms with Gasteiger partial charge in [0.25, 0.3) is 0 Å². The Bertz CT molecular complexity index is 937. The standard InChI is InChI=1S/C16H14FNO3S2/c17-13-6-2-4-8-16(13)23(20,21)18-9-14(19)12-10-22-15-7-3-1-5-11(12)15/h1-8,10,14,18-19H,9H2. The zero-order chi connectivity index (χ0) is 16.4. The molecule has 3 aromatic rings. The molecule has 0 bridgehead atoms. The molecule has 2 N–H and O–H groups in total. The van der Waals surface area contributed by atoms with Gasteiger partial charge >= 0.3 is 0 Å². The Hall–Kier alpha value is -1.80. The largest absolute Gasteiger partial charge is 0.387 e. The number of sulfonamides is 1. The molecule has 1 unspecified atom stereocenters. The van der Waals surface area contributed by atoms with Crippen molar-refractivity contribution in [2.45, 2.75) is 11.0 Å². The number of thiophene rings is 1. The van der Waals surface area contributed by atoms with Crippen molar-refractivity contribution in [2.24, 2.45) is 0 Å². The first-order valence-electron chi connectivity index (χ1n) is 6.87. The zero-order valence-electron chi connectivity index (χ0n) is 11.9. The minimum absolute atomic E-state index is 0.225. The van der Waals surface area contributed by atoms with Crippen molar-refractivity contribution in [2.75, 3.05) is 6.54 Å². The van der Waals surface area contributed by atoms with Crippen molar-refractivity contribution in [3.05, 3.63) is 65.3 Å². The fourth-order valence-corrected chi connectivity index (χ4v) is 4.42. The second kappa shape index (κ2) is 6.37. The third-order valence-corrected chi connectivity index (χ3v) is 5.90. The maximum atomic E-state index is 13.6. The summed E-state index contributed by atoms with van der Waals surface area (Å²) in [6, 6.07) is 12.7. The molecule has 0 spiro atoms. The van der Waals surface area contributed by atoms with Crippen molar-refractivity contribution in [1.29, 1.82) is 0 Å². The maximum Gasteiger partial charge on any atom is 0.243 e. The predicted molar refractivity (Wildman–Crippen MR) is 88.4 cm³/mol. The van der Waals surface area contributed by atoms with Crippen molar-refractivity contribution in [1.82, 2.24) is 4.72 Å². The van der Waals surface area contributed by atoms with Crippen LogP contribution in [0.4, 0.5) is 4.39 Å². The molecule has 0 amide bonds. The molecule has 0 saturated heterocycles. The van der Waals surface area contributed by atoms with Gasteiger partial charge in [-0.15, -0.1) is 11.3 Å². The maximum absolute atomic E-state index is 13.6. The van der Waals surface area contributed by atoms with Gasteiger partial charge in [-0.1, -0.05) is 30.3 Å². The number of benzene rings is 2. The van der Waals surface area contributed by atoms with Gasteiger partial charge in [-0.3, -0.25) is 0 Å². The van der Waals surface area contributed by atoms with Crippen molar-refractivity contribution >= 4 is 31.4 Å². The van der Waals surface area contributed by atoms with E-state index >= 15 is 0 Å². The second-order valence-electron chi connectivity index (χ2n) is 4.99. The van der Waals surface area contributed by atoms with E-state index in [9.17, 15) is 17.9 Å². The first-order chi connectivity index (χ1) is 11.0. The molecule has 1 atom stereocenters. The number of rotatable bonds is 5. The molecule has 3 rings (SSSR count). The number of aliphatic hydroxyl groups excluding tert-OH is 1. The third-order valence-electron chi connectivity index (χ3n) is 3.46. The van der Waals surface area contributed by atoms with Gasteiger partial charge in [-0.05, 0) is 29.0 Å². The predicted octanol–water partition coefficient (Wildman–Crippen LogP) is 3.05. The Kier molecular flexibility index (Phi) is 4.45. The highest BCUT2D eigenvalue weighted by Crippen LogP contribution is 2.30. The first-order valence-corrected chi connectivity index (χ1v) is 9.24. The molecule has 1 heterocycles. The summed E-state index contributed by atoms with van der Waals surface area (Å²) in [5.41, 5.74) is 0.654. The van der Waals surface area contributed by atoms with Gasteiger partial charge < -0.3 is 5.11 Å². The van der Waals surface area contributed by atoms with Gasteiger partial charge in [0.2, 0.25) is 10.0 Å². The first kappa shape index (κ1) is 16.1. The Balaban J connectivity index is 1.79. The van der Waals surface area contributed by atoms with Gasteiger partial charge in [-0.2, -0.15) is 0 Å². The molecule has 0 saturated carbocycles. The monoisotopic (exact) mass is 351 g/mol. The molecule has 1 aromatic heterocycles. The van der Waals surface area contributed by atoms with Crippen LogP contribution in [-0.4, -0.2) is 20.1 Å². The van der Waals surface area contributed by atoms with Crippen LogP contribution in [0.15, 0.2) is 58.8 Å². The van der Waals surface area contributed by atoms with E-state index in [1.54, 1.807) is 5.38 Å². The van der Waals surface area contributed by atoms with Crippen LogP contribution in [0.25, 0.3) is 10.1 Å². The van der Waals surface area contributed by atoms with Gasteiger partial charge in [0.05, 0.1) is 6.10 Å². The molecule has 0 aliphatic carbocycles. The SMILES string of the molecule is O=S(=O)(NCC(O)c1csc2ccccc12)c1ccccc1F. The zero-order valence-corrected chi connectivity index (χ0v) is 13.6. The summed E-state index contributed by atoms with van der Waals surface area (Å²) in [4.78, 5) is -0.428. The number of aliphatic hydroxyl groups is 1. The average molecular weight is 351 g/mol. The quantitative estimate of drug-likeness (QED) is 0.742. The van der Waals surface area contributed by atoms with Crippen LogP contribution in [-0.2, 0) is 10.0 Å². The Morgan fingerprint density at radius 3 is 2.61 bits per heavy atom. The van der Waals surface area contributed by atoms with Gasteiger partial charge in [0.1, 0.15) is 10.7 Å². The lowest BCUT2D eigenvalue weighted by Gasteiger charge is -2.12. The van der Waals surface area contributed by atoms with E-state index in [4.69, 9.17) is 0 Å². The number of halogens is 1. The van der Waals surface area contributed by atoms with E-state index in [0.29, 0.717) is 5.56 Å². The second-order valence-corrected chi connectivity index (χ2v) is 7.63. The highest BCUT2D eigenvalue weighted by atomic mass is 32.2. The molecule has 7 heteroatoms. The Morgan fingerprint density at radius 2 is 1.83 bits per heavy atom. The van der Waals surface area contributed by atoms with Crippen LogP contribution in [0.2, 0.25) is 0 Å². The van der Waals surface area contributed by atoms with E-state index in [1.807, 2.05) is 24.3 Å². The molecule has 0 aliphatic rings. The average Bonchev–Trinajstić information content (AvgIpc) is 2.97. The van der Waals surface area contributed by atoms with Gasteiger partial charge in [-0.25, -0.2) is 17.5 Å². The lowest BCUT2D eigenvalue weighted by molar-refractivity contribution is 0.184. The highest BCUT2D eigenvalue weighted by molar-refractivity contribution is 7.89. The summed E-state index contributed by atoms with van der Waals surface area (Å²) in [7, 11) is -4.01. The molecular formula is C16H14FNO3S2. The molecule has 120 valence electrons. The lowest BCUT2D eigenvalue weighted by atomic mass is 10.1. The molecule has 0 radical (unpaired) electrons. The minimum Gasteiger partial charge on any atom is -0.387 e. The van der Waals surface area contributed by atoms with E-state index < -0.39 is 26.8 Å². The number of nitrogens with one attached hydrogen (secondary N) is 1. The van der Waals surface area contributed by atoms with Crippen molar-refractivity contribution in [3.63, 3.8) is 0 Å². The van der Waals surface area contributed by atoms with Crippen LogP contribution in [0.1, 0.15) is 11.7 Å². The fraction of sp³-hybridized carbons (Fsp3) is 0.125. The Labute approximate surface area is 137 Å². The van der Waals surface area contributed by atoms with Crippen molar-refractivity contribution in [3.8, 4) is 0 Å². The summed E-state index contributed by atoms with van der Waals surface area (Å²) in [5.74, 6) is -0.824. The van der Waals surface area contributed by atoms with E-state index in [-0.39, 0.29) is 6.54 Å². The third kappa shape index (κ3) is 3.28. The van der Waals surface area contributed by atoms with E-state index in [2.05, 4.69) is 4.72 Å². The number of fused-ring (bicyclic) bond motifs is 1. The van der Waals surface area contributed by atoms with Crippen LogP contribution in [0.5, 0.6) is 0 Å². The molecule has 2 aromatic carbocycles. The van der Waals surface area contributed by atoms with Gasteiger partial charge in [0.15, 0.2) is 0 Å². The molecule has 0 aliphatic heterocycles. The van der Waals surface area contributed by atoms with Crippen LogP contribution >= 0.6 is 11.3 Å². The Morgan fingerprint density at radius 1 is 1.13 bits per heavy atom. The minimum atomic E-state index is -4.01. The van der Waals surface area contributed by atoms with Gasteiger partial charge in [0, 0.05) is 16.8 Å². The molecule has 4 nitrogen and oxygen atoms in total. The summed E-state index contributed by atoms with van der Waals surface area (Å²) in [6.07, 6.45) is -1.01.